The van der Waals surface area contributed by atoms with Crippen molar-refractivity contribution in [3.8, 4) is 5.75 Å². The van der Waals surface area contributed by atoms with E-state index in [9.17, 15) is 22.4 Å². The van der Waals surface area contributed by atoms with Crippen LogP contribution in [0.25, 0.3) is 0 Å². The monoisotopic (exact) mass is 543 g/mol. The maximum Gasteiger partial charge on any atom is 0.416 e. The second-order valence-corrected chi connectivity index (χ2v) is 8.87. The summed E-state index contributed by atoms with van der Waals surface area (Å²) in [7, 11) is 1.32. The van der Waals surface area contributed by atoms with Crippen molar-refractivity contribution in [3.05, 3.63) is 124 Å². The second-order valence-electron chi connectivity index (χ2n) is 8.43. The summed E-state index contributed by atoms with van der Waals surface area (Å²) in [4.78, 5) is 17.8. The Morgan fingerprint density at radius 3 is 2.37 bits per heavy atom. The fourth-order valence-corrected chi connectivity index (χ4v) is 4.28. The van der Waals surface area contributed by atoms with Crippen molar-refractivity contribution < 1.29 is 27.1 Å². The van der Waals surface area contributed by atoms with Crippen molar-refractivity contribution in [2.24, 2.45) is 0 Å². The highest BCUT2D eigenvalue weighted by Crippen LogP contribution is 2.41. The van der Waals surface area contributed by atoms with Crippen LogP contribution in [0, 0.1) is 5.82 Å². The van der Waals surface area contributed by atoms with Crippen LogP contribution in [0.15, 0.2) is 91.1 Å². The van der Waals surface area contributed by atoms with E-state index in [1.807, 2.05) is 0 Å². The van der Waals surface area contributed by atoms with Gasteiger partial charge in [0.05, 0.1) is 23.4 Å². The number of methoxy groups -OCH3 is 1. The molecule has 2 N–H and O–H groups in total. The lowest BCUT2D eigenvalue weighted by molar-refractivity contribution is -0.137. The van der Waals surface area contributed by atoms with Crippen LogP contribution in [-0.2, 0) is 18.1 Å². The van der Waals surface area contributed by atoms with Gasteiger partial charge in [-0.1, -0.05) is 48.0 Å². The third-order valence-electron chi connectivity index (χ3n) is 5.87. The maximum atomic E-state index is 13.9. The largest absolute Gasteiger partial charge is 0.496 e. The SMILES string of the molecule is COc1ccc(C(F)(F)F)cc1[C@](Cc1ccccc1)(NC(=O)Nc1cccc(F)c1)c1ccc(Cl)cn1. The summed E-state index contributed by atoms with van der Waals surface area (Å²) in [6.07, 6.45) is -3.34. The summed E-state index contributed by atoms with van der Waals surface area (Å²) in [6.45, 7) is 0. The summed E-state index contributed by atoms with van der Waals surface area (Å²) in [6, 6.07) is 19.4. The molecule has 0 aliphatic rings. The number of aromatic nitrogens is 1. The van der Waals surface area contributed by atoms with Crippen LogP contribution in [0.1, 0.15) is 22.4 Å². The lowest BCUT2D eigenvalue weighted by atomic mass is 9.79. The Kier molecular flexibility index (Phi) is 7.87. The fraction of sp³-hybridized carbons (Fsp3) is 0.143. The van der Waals surface area contributed by atoms with Gasteiger partial charge in [0.15, 0.2) is 0 Å². The standard InChI is InChI=1S/C28H22ClF4N3O2/c1-38-24-12-10-19(28(31,32)33)14-23(24)27(16-18-6-3-2-4-7-18,25-13-11-20(29)17-34-25)36-26(37)35-22-9-5-8-21(30)15-22/h2-15,17H,16H2,1H3,(H2,35,36,37)/t27-/m0/s1. The number of benzene rings is 3. The Morgan fingerprint density at radius 2 is 1.74 bits per heavy atom. The highest BCUT2D eigenvalue weighted by atomic mass is 35.5. The Hall–Kier alpha value is -4.11. The first-order chi connectivity index (χ1) is 18.1. The van der Waals surface area contributed by atoms with Gasteiger partial charge in [0.1, 0.15) is 17.1 Å². The number of anilines is 1. The van der Waals surface area contributed by atoms with Gasteiger partial charge in [-0.15, -0.1) is 0 Å². The Balaban J connectivity index is 1.95. The van der Waals surface area contributed by atoms with Gasteiger partial charge in [-0.3, -0.25) is 4.98 Å². The fourth-order valence-electron chi connectivity index (χ4n) is 4.17. The summed E-state index contributed by atoms with van der Waals surface area (Å²) < 4.78 is 60.8. The van der Waals surface area contributed by atoms with Crippen LogP contribution in [0.3, 0.4) is 0 Å². The molecule has 0 unspecified atom stereocenters. The average Bonchev–Trinajstić information content (AvgIpc) is 2.88. The van der Waals surface area contributed by atoms with Crippen LogP contribution >= 0.6 is 11.6 Å². The number of alkyl halides is 3. The van der Waals surface area contributed by atoms with Gasteiger partial charge in [0.25, 0.3) is 0 Å². The van der Waals surface area contributed by atoms with Gasteiger partial charge in [-0.2, -0.15) is 13.2 Å². The molecule has 0 radical (unpaired) electrons. The predicted molar refractivity (Wildman–Crippen MR) is 137 cm³/mol. The number of rotatable bonds is 7. The lowest BCUT2D eigenvalue weighted by Crippen LogP contribution is -2.51. The van der Waals surface area contributed by atoms with E-state index in [0.29, 0.717) is 10.6 Å². The predicted octanol–water partition coefficient (Wildman–Crippen LogP) is 7.21. The van der Waals surface area contributed by atoms with E-state index in [0.717, 1.165) is 18.2 Å². The number of carbonyl (C=O) groups excluding carboxylic acids is 1. The van der Waals surface area contributed by atoms with Gasteiger partial charge in [0.2, 0.25) is 0 Å². The third kappa shape index (κ3) is 6.06. The molecule has 4 rings (SSSR count). The first-order valence-corrected chi connectivity index (χ1v) is 11.7. The van der Waals surface area contributed by atoms with Crippen molar-refractivity contribution in [2.75, 3.05) is 12.4 Å². The van der Waals surface area contributed by atoms with Crippen LogP contribution in [0.4, 0.5) is 28.0 Å². The maximum absolute atomic E-state index is 13.9. The van der Waals surface area contributed by atoms with Crippen molar-refractivity contribution in [2.45, 2.75) is 18.1 Å². The molecule has 196 valence electrons. The number of nitrogens with zero attached hydrogens (tertiary/aromatic N) is 1. The van der Waals surface area contributed by atoms with Crippen molar-refractivity contribution in [1.29, 1.82) is 0 Å². The van der Waals surface area contributed by atoms with Crippen molar-refractivity contribution >= 4 is 23.3 Å². The quantitative estimate of drug-likeness (QED) is 0.242. The van der Waals surface area contributed by atoms with E-state index in [-0.39, 0.29) is 29.1 Å². The Labute approximate surface area is 221 Å². The van der Waals surface area contributed by atoms with E-state index >= 15 is 0 Å². The van der Waals surface area contributed by atoms with Gasteiger partial charge in [-0.05, 0) is 54.1 Å². The zero-order valence-electron chi connectivity index (χ0n) is 20.0. The smallest absolute Gasteiger partial charge is 0.416 e. The number of hydrogen-bond donors (Lipinski definition) is 2. The highest BCUT2D eigenvalue weighted by molar-refractivity contribution is 6.30. The summed E-state index contributed by atoms with van der Waals surface area (Å²) in [5.74, 6) is -0.478. The molecule has 0 fully saturated rings. The highest BCUT2D eigenvalue weighted by Gasteiger charge is 2.42. The zero-order chi connectivity index (χ0) is 27.3. The summed E-state index contributed by atoms with van der Waals surface area (Å²) >= 11 is 6.07. The lowest BCUT2D eigenvalue weighted by Gasteiger charge is -2.36. The molecule has 2 amide bonds. The number of halogens is 5. The molecule has 38 heavy (non-hydrogen) atoms. The van der Waals surface area contributed by atoms with E-state index in [4.69, 9.17) is 16.3 Å². The molecule has 0 aliphatic heterocycles. The van der Waals surface area contributed by atoms with E-state index < -0.39 is 29.1 Å². The number of pyridine rings is 1. The summed E-state index contributed by atoms with van der Waals surface area (Å²) in [5.41, 5.74) is -1.55. The molecule has 0 saturated heterocycles. The van der Waals surface area contributed by atoms with E-state index in [1.54, 1.807) is 30.3 Å². The topological polar surface area (TPSA) is 63.2 Å². The molecule has 0 bridgehead atoms. The number of amides is 2. The molecule has 3 aromatic carbocycles. The van der Waals surface area contributed by atoms with Gasteiger partial charge in [-0.25, -0.2) is 9.18 Å². The normalized spacial score (nSPS) is 12.9. The summed E-state index contributed by atoms with van der Waals surface area (Å²) in [5, 5.41) is 5.67. The molecule has 1 heterocycles. The molecule has 1 atom stereocenters. The minimum atomic E-state index is -4.67. The third-order valence-corrected chi connectivity index (χ3v) is 6.10. The average molecular weight is 544 g/mol. The number of nitrogens with one attached hydrogen (secondary N) is 2. The number of ether oxygens (including phenoxy) is 1. The molecular formula is C28H22ClF4N3O2. The molecular weight excluding hydrogens is 522 g/mol. The van der Waals surface area contributed by atoms with Crippen molar-refractivity contribution in [1.82, 2.24) is 10.3 Å². The number of carbonyl (C=O) groups is 1. The molecule has 5 nitrogen and oxygen atoms in total. The molecule has 0 aliphatic carbocycles. The van der Waals surface area contributed by atoms with Gasteiger partial charge in [0, 0.05) is 23.9 Å². The molecule has 4 aromatic rings. The molecule has 0 saturated carbocycles. The molecule has 10 heteroatoms. The van der Waals surface area contributed by atoms with Crippen LogP contribution in [-0.4, -0.2) is 18.1 Å². The van der Waals surface area contributed by atoms with Crippen LogP contribution < -0.4 is 15.4 Å². The first-order valence-electron chi connectivity index (χ1n) is 11.4. The van der Waals surface area contributed by atoms with Crippen molar-refractivity contribution in [3.63, 3.8) is 0 Å². The minimum Gasteiger partial charge on any atom is -0.496 e. The van der Waals surface area contributed by atoms with E-state index in [1.165, 1.54) is 49.7 Å². The van der Waals surface area contributed by atoms with Gasteiger partial charge < -0.3 is 15.4 Å². The van der Waals surface area contributed by atoms with Crippen LogP contribution in [0.5, 0.6) is 5.75 Å². The second kappa shape index (κ2) is 11.1. The Morgan fingerprint density at radius 1 is 0.974 bits per heavy atom. The molecule has 0 spiro atoms. The first kappa shape index (κ1) is 26.9. The van der Waals surface area contributed by atoms with Gasteiger partial charge >= 0.3 is 12.2 Å². The number of hydrogen-bond acceptors (Lipinski definition) is 3. The van der Waals surface area contributed by atoms with E-state index in [2.05, 4.69) is 15.6 Å². The Bertz CT molecular complexity index is 1420. The number of urea groups is 1. The minimum absolute atomic E-state index is 0.00326. The zero-order valence-corrected chi connectivity index (χ0v) is 20.8. The molecule has 1 aromatic heterocycles. The van der Waals surface area contributed by atoms with Crippen LogP contribution in [0.2, 0.25) is 5.02 Å².